The first kappa shape index (κ1) is 15.6. The summed E-state index contributed by atoms with van der Waals surface area (Å²) in [5.74, 6) is 0.169. The van der Waals surface area contributed by atoms with Crippen LogP contribution in [0.15, 0.2) is 78.9 Å². The summed E-state index contributed by atoms with van der Waals surface area (Å²) in [4.78, 5) is 13.3. The molecule has 0 saturated carbocycles. The maximum atomic E-state index is 11.2. The second-order valence-corrected chi connectivity index (χ2v) is 5.35. The van der Waals surface area contributed by atoms with Gasteiger partial charge in [-0.25, -0.2) is 0 Å². The first-order valence-electron chi connectivity index (χ1n) is 7.63. The number of nitrogens with zero attached hydrogens (tertiary/aromatic N) is 1. The molecule has 0 bridgehead atoms. The number of ether oxygens (including phenoxy) is 1. The highest BCUT2D eigenvalue weighted by Gasteiger charge is 2.13. The van der Waals surface area contributed by atoms with Gasteiger partial charge in [-0.1, -0.05) is 24.3 Å². The zero-order valence-corrected chi connectivity index (χ0v) is 13.3. The smallest absolute Gasteiger partial charge is 0.308 e. The van der Waals surface area contributed by atoms with Gasteiger partial charge in [0.25, 0.3) is 0 Å². The van der Waals surface area contributed by atoms with Crippen LogP contribution < -0.4 is 15.4 Å². The predicted molar refractivity (Wildman–Crippen MR) is 96.8 cm³/mol. The van der Waals surface area contributed by atoms with E-state index in [9.17, 15) is 4.79 Å². The molecule has 4 nitrogen and oxygen atoms in total. The van der Waals surface area contributed by atoms with Crippen molar-refractivity contribution < 1.29 is 9.53 Å². The van der Waals surface area contributed by atoms with E-state index in [1.807, 2.05) is 72.8 Å². The van der Waals surface area contributed by atoms with E-state index in [0.29, 0.717) is 11.4 Å². The third kappa shape index (κ3) is 3.55. The van der Waals surface area contributed by atoms with Gasteiger partial charge in [-0.2, -0.15) is 0 Å². The molecule has 0 spiro atoms. The van der Waals surface area contributed by atoms with Crippen molar-refractivity contribution in [1.82, 2.24) is 0 Å². The molecule has 0 amide bonds. The van der Waals surface area contributed by atoms with Gasteiger partial charge < -0.3 is 15.4 Å². The quantitative estimate of drug-likeness (QED) is 0.432. The number of rotatable bonds is 4. The number of nitrogens with two attached hydrogens (primary N) is 1. The van der Waals surface area contributed by atoms with Gasteiger partial charge in [-0.3, -0.25) is 4.79 Å². The molecule has 0 unspecified atom stereocenters. The molecule has 0 atom stereocenters. The summed E-state index contributed by atoms with van der Waals surface area (Å²) in [6.45, 7) is 1.39. The van der Waals surface area contributed by atoms with Crippen LogP contribution in [-0.4, -0.2) is 5.97 Å². The number of nitrogen functional groups attached to an aromatic ring is 1. The van der Waals surface area contributed by atoms with Gasteiger partial charge >= 0.3 is 5.97 Å². The van der Waals surface area contributed by atoms with Crippen LogP contribution in [0.1, 0.15) is 6.92 Å². The molecule has 0 aliphatic carbocycles. The molecule has 3 aromatic carbocycles. The van der Waals surface area contributed by atoms with Crippen LogP contribution in [0, 0.1) is 0 Å². The summed E-state index contributed by atoms with van der Waals surface area (Å²) >= 11 is 0. The first-order chi connectivity index (χ1) is 11.6. The zero-order chi connectivity index (χ0) is 16.9. The average molecular weight is 318 g/mol. The highest BCUT2D eigenvalue weighted by Crippen LogP contribution is 2.36. The Morgan fingerprint density at radius 1 is 0.833 bits per heavy atom. The highest BCUT2D eigenvalue weighted by molar-refractivity contribution is 5.78. The van der Waals surface area contributed by atoms with E-state index in [4.69, 9.17) is 10.5 Å². The van der Waals surface area contributed by atoms with Crippen LogP contribution in [0.3, 0.4) is 0 Å². The van der Waals surface area contributed by atoms with E-state index in [1.54, 1.807) is 6.07 Å². The Balaban J connectivity index is 2.08. The number of para-hydroxylation sites is 1. The number of hydrogen-bond donors (Lipinski definition) is 1. The maximum Gasteiger partial charge on any atom is 0.308 e. The normalized spacial score (nSPS) is 10.2. The van der Waals surface area contributed by atoms with Crippen molar-refractivity contribution in [2.24, 2.45) is 0 Å². The SMILES string of the molecule is CC(=O)Oc1cccc(N(c2ccccc2)c2ccc(N)cc2)c1. The van der Waals surface area contributed by atoms with Gasteiger partial charge in [0.05, 0.1) is 0 Å². The van der Waals surface area contributed by atoms with Gasteiger partial charge in [0, 0.05) is 35.7 Å². The Morgan fingerprint density at radius 2 is 1.46 bits per heavy atom. The number of hydrogen-bond acceptors (Lipinski definition) is 4. The monoisotopic (exact) mass is 318 g/mol. The van der Waals surface area contributed by atoms with Crippen molar-refractivity contribution in [3.63, 3.8) is 0 Å². The van der Waals surface area contributed by atoms with Crippen molar-refractivity contribution in [3.8, 4) is 5.75 Å². The fraction of sp³-hybridized carbons (Fsp3) is 0.0500. The highest BCUT2D eigenvalue weighted by atomic mass is 16.5. The molecule has 120 valence electrons. The minimum atomic E-state index is -0.342. The van der Waals surface area contributed by atoms with E-state index >= 15 is 0 Å². The fourth-order valence-electron chi connectivity index (χ4n) is 2.50. The lowest BCUT2D eigenvalue weighted by molar-refractivity contribution is -0.131. The Kier molecular flexibility index (Phi) is 4.47. The summed E-state index contributed by atoms with van der Waals surface area (Å²) in [5.41, 5.74) is 9.38. The molecule has 0 aliphatic rings. The first-order valence-corrected chi connectivity index (χ1v) is 7.63. The number of benzene rings is 3. The maximum absolute atomic E-state index is 11.2. The molecule has 0 saturated heterocycles. The lowest BCUT2D eigenvalue weighted by Crippen LogP contribution is -2.10. The minimum Gasteiger partial charge on any atom is -0.427 e. The largest absolute Gasteiger partial charge is 0.427 e. The van der Waals surface area contributed by atoms with Crippen molar-refractivity contribution in [1.29, 1.82) is 0 Å². The summed E-state index contributed by atoms with van der Waals surface area (Å²) < 4.78 is 5.21. The van der Waals surface area contributed by atoms with Gasteiger partial charge in [0.15, 0.2) is 0 Å². The number of anilines is 4. The molecule has 3 aromatic rings. The van der Waals surface area contributed by atoms with Crippen molar-refractivity contribution in [2.75, 3.05) is 10.6 Å². The molecule has 0 heterocycles. The second-order valence-electron chi connectivity index (χ2n) is 5.35. The Labute approximate surface area is 141 Å². The summed E-state index contributed by atoms with van der Waals surface area (Å²) in [5, 5.41) is 0. The fourth-order valence-corrected chi connectivity index (χ4v) is 2.50. The van der Waals surface area contributed by atoms with E-state index in [2.05, 4.69) is 4.90 Å². The number of esters is 1. The van der Waals surface area contributed by atoms with Crippen LogP contribution in [0.4, 0.5) is 22.7 Å². The molecule has 0 aliphatic heterocycles. The predicted octanol–water partition coefficient (Wildman–Crippen LogP) is 4.66. The summed E-state index contributed by atoms with van der Waals surface area (Å²) in [6, 6.07) is 25.1. The second kappa shape index (κ2) is 6.87. The number of carbonyl (C=O) groups excluding carboxylic acids is 1. The lowest BCUT2D eigenvalue weighted by Gasteiger charge is -2.25. The molecular formula is C20H18N2O2. The molecule has 3 rings (SSSR count). The van der Waals surface area contributed by atoms with E-state index < -0.39 is 0 Å². The molecule has 24 heavy (non-hydrogen) atoms. The van der Waals surface area contributed by atoms with Crippen LogP contribution in [-0.2, 0) is 4.79 Å². The standard InChI is InChI=1S/C20H18N2O2/c1-15(23)24-20-9-5-8-19(14-20)22(17-6-3-2-4-7-17)18-12-10-16(21)11-13-18/h2-14H,21H2,1H3. The van der Waals surface area contributed by atoms with Crippen LogP contribution in [0.25, 0.3) is 0 Å². The van der Waals surface area contributed by atoms with Crippen molar-refractivity contribution in [3.05, 3.63) is 78.9 Å². The summed E-state index contributed by atoms with van der Waals surface area (Å²) in [7, 11) is 0. The minimum absolute atomic E-state index is 0.342. The zero-order valence-electron chi connectivity index (χ0n) is 13.3. The lowest BCUT2D eigenvalue weighted by atomic mass is 10.2. The molecular weight excluding hydrogens is 300 g/mol. The Morgan fingerprint density at radius 3 is 2.12 bits per heavy atom. The van der Waals surface area contributed by atoms with Crippen LogP contribution in [0.2, 0.25) is 0 Å². The van der Waals surface area contributed by atoms with Crippen molar-refractivity contribution >= 4 is 28.7 Å². The average Bonchev–Trinajstić information content (AvgIpc) is 2.58. The van der Waals surface area contributed by atoms with Crippen LogP contribution >= 0.6 is 0 Å². The van der Waals surface area contributed by atoms with Gasteiger partial charge in [0.2, 0.25) is 0 Å². The molecule has 0 aromatic heterocycles. The topological polar surface area (TPSA) is 55.6 Å². The van der Waals surface area contributed by atoms with Gasteiger partial charge in [-0.05, 0) is 48.5 Å². The third-order valence-corrected chi connectivity index (χ3v) is 3.50. The summed E-state index contributed by atoms with van der Waals surface area (Å²) in [6.07, 6.45) is 0. The Bertz CT molecular complexity index is 830. The number of carbonyl (C=O) groups is 1. The van der Waals surface area contributed by atoms with Gasteiger partial charge in [-0.15, -0.1) is 0 Å². The molecule has 4 heteroatoms. The van der Waals surface area contributed by atoms with Crippen LogP contribution in [0.5, 0.6) is 5.75 Å². The third-order valence-electron chi connectivity index (χ3n) is 3.50. The molecule has 0 radical (unpaired) electrons. The van der Waals surface area contributed by atoms with E-state index in [0.717, 1.165) is 17.1 Å². The van der Waals surface area contributed by atoms with E-state index in [1.165, 1.54) is 6.92 Å². The van der Waals surface area contributed by atoms with E-state index in [-0.39, 0.29) is 5.97 Å². The Hall–Kier alpha value is -3.27. The molecule has 0 fully saturated rings. The van der Waals surface area contributed by atoms with Crippen molar-refractivity contribution in [2.45, 2.75) is 6.92 Å². The van der Waals surface area contributed by atoms with Gasteiger partial charge in [0.1, 0.15) is 5.75 Å². The molecule has 2 N–H and O–H groups in total.